The van der Waals surface area contributed by atoms with Crippen molar-refractivity contribution in [2.75, 3.05) is 22.2 Å². The maximum Gasteiger partial charge on any atom is 0.250 e. The highest BCUT2D eigenvalue weighted by atomic mass is 32.2. The highest BCUT2D eigenvalue weighted by molar-refractivity contribution is 7.89. The number of rotatable bonds is 3. The van der Waals surface area contributed by atoms with Crippen LogP contribution >= 0.6 is 0 Å². The Morgan fingerprint density at radius 1 is 1.10 bits per heavy atom. The summed E-state index contributed by atoms with van der Waals surface area (Å²) in [7, 11) is -2.03. The van der Waals surface area contributed by atoms with Crippen LogP contribution in [0.1, 0.15) is 5.56 Å². The highest BCUT2D eigenvalue weighted by Crippen LogP contribution is 2.45. The molecule has 10 heteroatoms. The topological polar surface area (TPSA) is 122 Å². The van der Waals surface area contributed by atoms with Crippen LogP contribution in [-0.2, 0) is 21.2 Å². The Morgan fingerprint density at radius 2 is 1.83 bits per heavy atom. The fourth-order valence-corrected chi connectivity index (χ4v) is 4.40. The monoisotopic (exact) mass is 422 g/mol. The van der Waals surface area contributed by atoms with Crippen molar-refractivity contribution in [2.45, 2.75) is 17.4 Å². The average molecular weight is 422 g/mol. The lowest BCUT2D eigenvalue weighted by Gasteiger charge is -2.36. The van der Waals surface area contributed by atoms with Gasteiger partial charge in [0, 0.05) is 24.8 Å². The van der Waals surface area contributed by atoms with Crippen molar-refractivity contribution >= 4 is 44.8 Å². The molecule has 5 rings (SSSR count). The fourth-order valence-electron chi connectivity index (χ4n) is 3.89. The van der Waals surface area contributed by atoms with Crippen LogP contribution in [0, 0.1) is 0 Å². The summed E-state index contributed by atoms with van der Waals surface area (Å²) in [5.41, 5.74) is 3.31. The van der Waals surface area contributed by atoms with Crippen molar-refractivity contribution in [3.05, 3.63) is 60.3 Å². The Kier molecular flexibility index (Phi) is 4.02. The minimum atomic E-state index is -3.76. The number of aromatic nitrogens is 2. The molecule has 152 valence electrons. The number of anilines is 5. The van der Waals surface area contributed by atoms with Gasteiger partial charge < -0.3 is 15.1 Å². The van der Waals surface area contributed by atoms with E-state index >= 15 is 0 Å². The van der Waals surface area contributed by atoms with Crippen molar-refractivity contribution in [2.24, 2.45) is 5.14 Å². The van der Waals surface area contributed by atoms with E-state index in [0.29, 0.717) is 29.6 Å². The summed E-state index contributed by atoms with van der Waals surface area (Å²) in [5, 5.41) is 8.21. The molecule has 9 nitrogen and oxygen atoms in total. The van der Waals surface area contributed by atoms with E-state index in [1.54, 1.807) is 30.3 Å². The molecule has 2 aliphatic heterocycles. The average Bonchev–Trinajstić information content (AvgIpc) is 3.12. The second-order valence-corrected chi connectivity index (χ2v) is 8.77. The number of nitrogens with one attached hydrogen (secondary N) is 1. The smallest absolute Gasteiger partial charge is 0.250 e. The first-order chi connectivity index (χ1) is 14.3. The molecule has 0 fully saturated rings. The van der Waals surface area contributed by atoms with Gasteiger partial charge in [0.2, 0.25) is 21.9 Å². The lowest BCUT2D eigenvalue weighted by Crippen LogP contribution is -2.49. The van der Waals surface area contributed by atoms with Gasteiger partial charge in [0.15, 0.2) is 5.82 Å². The quantitative estimate of drug-likeness (QED) is 0.661. The van der Waals surface area contributed by atoms with E-state index in [0.717, 1.165) is 11.3 Å². The van der Waals surface area contributed by atoms with Gasteiger partial charge in [-0.3, -0.25) is 4.79 Å². The molecule has 0 spiro atoms. The molecule has 30 heavy (non-hydrogen) atoms. The van der Waals surface area contributed by atoms with Gasteiger partial charge >= 0.3 is 0 Å². The molecule has 0 bridgehead atoms. The SMILES string of the molecule is CN1C(=O)C2Cc3ccccc3N2c2nc(Nc3ccc(S(N)(=O)=O)cc3)ncc21. The molecule has 2 aliphatic rings. The van der Waals surface area contributed by atoms with Crippen LogP contribution in [0.25, 0.3) is 0 Å². The molecule has 0 radical (unpaired) electrons. The number of nitrogens with two attached hydrogens (primary N) is 1. The van der Waals surface area contributed by atoms with E-state index in [1.165, 1.54) is 12.1 Å². The third kappa shape index (κ3) is 2.88. The number of likely N-dealkylation sites (N-methyl/N-ethyl adjacent to an activating group) is 1. The third-order valence-electron chi connectivity index (χ3n) is 5.37. The highest BCUT2D eigenvalue weighted by Gasteiger charge is 2.43. The zero-order chi connectivity index (χ0) is 21.0. The molecule has 1 aromatic heterocycles. The first kappa shape index (κ1) is 18.5. The number of sulfonamides is 1. The minimum Gasteiger partial charge on any atom is -0.324 e. The second-order valence-electron chi connectivity index (χ2n) is 7.21. The summed E-state index contributed by atoms with van der Waals surface area (Å²) < 4.78 is 22.8. The number of para-hydroxylation sites is 1. The number of fused-ring (bicyclic) bond motifs is 5. The van der Waals surface area contributed by atoms with Crippen molar-refractivity contribution < 1.29 is 13.2 Å². The van der Waals surface area contributed by atoms with Crippen LogP contribution < -0.4 is 20.3 Å². The maximum absolute atomic E-state index is 12.9. The van der Waals surface area contributed by atoms with Crippen LogP contribution in [0.2, 0.25) is 0 Å². The lowest BCUT2D eigenvalue weighted by atomic mass is 10.1. The molecule has 1 atom stereocenters. The molecule has 0 saturated heterocycles. The van der Waals surface area contributed by atoms with Crippen molar-refractivity contribution in [1.29, 1.82) is 0 Å². The van der Waals surface area contributed by atoms with E-state index in [1.807, 2.05) is 29.2 Å². The number of nitrogens with zero attached hydrogens (tertiary/aromatic N) is 4. The number of primary sulfonamides is 1. The molecule has 1 unspecified atom stereocenters. The van der Waals surface area contributed by atoms with Crippen LogP contribution in [-0.4, -0.2) is 37.4 Å². The van der Waals surface area contributed by atoms with Gasteiger partial charge in [-0.1, -0.05) is 18.2 Å². The fraction of sp³-hybridized carbons (Fsp3) is 0.150. The maximum atomic E-state index is 12.9. The zero-order valence-corrected chi connectivity index (χ0v) is 16.8. The number of benzene rings is 2. The Labute approximate surface area is 173 Å². The number of hydrogen-bond donors (Lipinski definition) is 2. The van der Waals surface area contributed by atoms with E-state index in [4.69, 9.17) is 5.14 Å². The largest absolute Gasteiger partial charge is 0.324 e. The Bertz CT molecular complexity index is 1280. The van der Waals surface area contributed by atoms with E-state index in [2.05, 4.69) is 15.3 Å². The molecular formula is C20H18N6O3S. The van der Waals surface area contributed by atoms with Gasteiger partial charge in [-0.05, 0) is 35.9 Å². The van der Waals surface area contributed by atoms with Gasteiger partial charge in [-0.2, -0.15) is 4.98 Å². The Hall–Kier alpha value is -3.50. The molecule has 2 aromatic carbocycles. The zero-order valence-electron chi connectivity index (χ0n) is 16.0. The summed E-state index contributed by atoms with van der Waals surface area (Å²) in [4.78, 5) is 25.5. The van der Waals surface area contributed by atoms with Crippen molar-refractivity contribution in [1.82, 2.24) is 9.97 Å². The standard InChI is InChI=1S/C20H18N6O3S/c1-25-17-11-22-20(23-13-6-8-14(9-7-13)30(21,28)29)24-18(17)26-15-5-3-2-4-12(15)10-16(26)19(25)27/h2-9,11,16H,10H2,1H3,(H2,21,28,29)(H,22,23,24). The minimum absolute atomic E-state index is 0.00147. The third-order valence-corrected chi connectivity index (χ3v) is 6.30. The lowest BCUT2D eigenvalue weighted by molar-refractivity contribution is -0.119. The molecule has 0 saturated carbocycles. The molecule has 3 heterocycles. The van der Waals surface area contributed by atoms with Crippen molar-refractivity contribution in [3.63, 3.8) is 0 Å². The number of amides is 1. The van der Waals surface area contributed by atoms with Gasteiger partial charge in [-0.25, -0.2) is 18.5 Å². The van der Waals surface area contributed by atoms with Gasteiger partial charge in [0.1, 0.15) is 11.7 Å². The second kappa shape index (κ2) is 6.51. The van der Waals surface area contributed by atoms with Gasteiger partial charge in [-0.15, -0.1) is 0 Å². The summed E-state index contributed by atoms with van der Waals surface area (Å²) in [6, 6.07) is 13.6. The van der Waals surface area contributed by atoms with E-state index < -0.39 is 10.0 Å². The predicted octanol–water partition coefficient (Wildman–Crippen LogP) is 1.91. The molecular weight excluding hydrogens is 404 g/mol. The van der Waals surface area contributed by atoms with Crippen LogP contribution in [0.5, 0.6) is 0 Å². The van der Waals surface area contributed by atoms with Gasteiger partial charge in [0.05, 0.1) is 11.1 Å². The summed E-state index contributed by atoms with van der Waals surface area (Å²) >= 11 is 0. The molecule has 1 amide bonds. The Balaban J connectivity index is 1.53. The molecule has 3 N–H and O–H groups in total. The summed E-state index contributed by atoms with van der Waals surface area (Å²) in [6.07, 6.45) is 2.24. The normalized spacial score (nSPS) is 17.4. The first-order valence-electron chi connectivity index (χ1n) is 9.24. The van der Waals surface area contributed by atoms with Crippen LogP contribution in [0.4, 0.5) is 28.8 Å². The summed E-state index contributed by atoms with van der Waals surface area (Å²) in [5.74, 6) is 0.982. The number of carbonyl (C=O) groups excluding carboxylic acids is 1. The van der Waals surface area contributed by atoms with Crippen LogP contribution in [0.3, 0.4) is 0 Å². The van der Waals surface area contributed by atoms with E-state index in [9.17, 15) is 13.2 Å². The van der Waals surface area contributed by atoms with Crippen LogP contribution in [0.15, 0.2) is 59.6 Å². The van der Waals surface area contributed by atoms with Gasteiger partial charge in [0.25, 0.3) is 0 Å². The van der Waals surface area contributed by atoms with E-state index in [-0.39, 0.29) is 16.8 Å². The summed E-state index contributed by atoms with van der Waals surface area (Å²) in [6.45, 7) is 0. The van der Waals surface area contributed by atoms with Crippen molar-refractivity contribution in [3.8, 4) is 0 Å². The Morgan fingerprint density at radius 3 is 2.57 bits per heavy atom. The number of carbonyl (C=O) groups is 1. The predicted molar refractivity (Wildman–Crippen MR) is 113 cm³/mol. The first-order valence-corrected chi connectivity index (χ1v) is 10.8. The number of hydrogen-bond acceptors (Lipinski definition) is 7. The molecule has 0 aliphatic carbocycles. The molecule has 3 aromatic rings.